The molecule has 1 rings (SSSR count). The molecule has 0 amide bonds. The van der Waals surface area contributed by atoms with Gasteiger partial charge in [0.15, 0.2) is 0 Å². The average molecular weight is 243 g/mol. The van der Waals surface area contributed by atoms with Gasteiger partial charge in [-0.15, -0.1) is 0 Å². The van der Waals surface area contributed by atoms with Gasteiger partial charge in [0.05, 0.1) is 12.5 Å². The second-order valence-corrected chi connectivity index (χ2v) is 4.27. The number of carboxylic acid groups (broad SMARTS) is 1. The topological polar surface area (TPSA) is 46.5 Å². The lowest BCUT2D eigenvalue weighted by atomic mass is 9.79. The maximum Gasteiger partial charge on any atom is 0.313 e. The van der Waals surface area contributed by atoms with E-state index >= 15 is 0 Å². The smallest absolute Gasteiger partial charge is 0.313 e. The van der Waals surface area contributed by atoms with Crippen LogP contribution in [0.5, 0.6) is 5.75 Å². The van der Waals surface area contributed by atoms with Gasteiger partial charge in [0.25, 0.3) is 0 Å². The standard InChI is InChI=1S/C12H15ClO3/c1-4-12(2,11(14)15)9-7-8(13)5-6-10(9)16-3/h5-7H,4H2,1-3H3,(H,14,15). The predicted molar refractivity (Wildman–Crippen MR) is 63.3 cm³/mol. The largest absolute Gasteiger partial charge is 0.496 e. The first kappa shape index (κ1) is 12.8. The number of rotatable bonds is 4. The van der Waals surface area contributed by atoms with Gasteiger partial charge in [-0.2, -0.15) is 0 Å². The molecule has 0 radical (unpaired) electrons. The third-order valence-electron chi connectivity index (χ3n) is 2.94. The van der Waals surface area contributed by atoms with Crippen molar-refractivity contribution in [1.82, 2.24) is 0 Å². The van der Waals surface area contributed by atoms with Gasteiger partial charge in [0, 0.05) is 10.6 Å². The fourth-order valence-corrected chi connectivity index (χ4v) is 1.74. The van der Waals surface area contributed by atoms with Gasteiger partial charge in [-0.05, 0) is 31.5 Å². The van der Waals surface area contributed by atoms with E-state index in [9.17, 15) is 9.90 Å². The van der Waals surface area contributed by atoms with Crippen molar-refractivity contribution in [3.8, 4) is 5.75 Å². The second-order valence-electron chi connectivity index (χ2n) is 3.84. The van der Waals surface area contributed by atoms with E-state index in [0.717, 1.165) is 0 Å². The maximum atomic E-state index is 11.3. The number of benzene rings is 1. The monoisotopic (exact) mass is 242 g/mol. The number of hydrogen-bond donors (Lipinski definition) is 1. The van der Waals surface area contributed by atoms with Crippen molar-refractivity contribution in [2.75, 3.05) is 7.11 Å². The van der Waals surface area contributed by atoms with Gasteiger partial charge >= 0.3 is 5.97 Å². The van der Waals surface area contributed by atoms with Crippen molar-refractivity contribution in [2.24, 2.45) is 0 Å². The van der Waals surface area contributed by atoms with E-state index < -0.39 is 11.4 Å². The zero-order chi connectivity index (χ0) is 12.3. The maximum absolute atomic E-state index is 11.3. The molecule has 16 heavy (non-hydrogen) atoms. The normalized spacial score (nSPS) is 14.2. The minimum absolute atomic E-state index is 0.471. The first-order valence-electron chi connectivity index (χ1n) is 5.03. The van der Waals surface area contributed by atoms with Crippen molar-refractivity contribution < 1.29 is 14.6 Å². The number of ether oxygens (including phenoxy) is 1. The third-order valence-corrected chi connectivity index (χ3v) is 3.17. The number of hydrogen-bond acceptors (Lipinski definition) is 2. The Morgan fingerprint density at radius 2 is 2.19 bits per heavy atom. The molecule has 1 aromatic rings. The Kier molecular flexibility index (Phi) is 3.81. The van der Waals surface area contributed by atoms with Crippen LogP contribution in [0.4, 0.5) is 0 Å². The Labute approximate surface area is 100.0 Å². The molecule has 0 aromatic heterocycles. The minimum Gasteiger partial charge on any atom is -0.496 e. The lowest BCUT2D eigenvalue weighted by molar-refractivity contribution is -0.143. The van der Waals surface area contributed by atoms with Crippen molar-refractivity contribution in [3.05, 3.63) is 28.8 Å². The summed E-state index contributed by atoms with van der Waals surface area (Å²) < 4.78 is 5.18. The van der Waals surface area contributed by atoms with Crippen LogP contribution in [0.1, 0.15) is 25.8 Å². The summed E-state index contributed by atoms with van der Waals surface area (Å²) in [6, 6.07) is 5.02. The molecule has 4 heteroatoms. The van der Waals surface area contributed by atoms with Gasteiger partial charge in [-0.25, -0.2) is 0 Å². The summed E-state index contributed by atoms with van der Waals surface area (Å²) in [7, 11) is 1.52. The van der Waals surface area contributed by atoms with Gasteiger partial charge < -0.3 is 9.84 Å². The SMILES string of the molecule is CCC(C)(C(=O)O)c1cc(Cl)ccc1OC. The zero-order valence-corrected chi connectivity index (χ0v) is 10.3. The number of carboxylic acids is 1. The molecule has 0 bridgehead atoms. The summed E-state index contributed by atoms with van der Waals surface area (Å²) in [5.74, 6) is -0.327. The summed E-state index contributed by atoms with van der Waals surface area (Å²) in [4.78, 5) is 11.3. The highest BCUT2D eigenvalue weighted by molar-refractivity contribution is 6.30. The third kappa shape index (κ3) is 2.14. The number of methoxy groups -OCH3 is 1. The second kappa shape index (κ2) is 4.74. The van der Waals surface area contributed by atoms with E-state index in [0.29, 0.717) is 22.8 Å². The molecule has 0 fully saturated rings. The minimum atomic E-state index is -0.976. The molecule has 0 aliphatic carbocycles. The summed E-state index contributed by atoms with van der Waals surface area (Å²) >= 11 is 5.89. The van der Waals surface area contributed by atoms with Crippen LogP contribution in [0, 0.1) is 0 Å². The number of aliphatic carboxylic acids is 1. The molecular weight excluding hydrogens is 228 g/mol. The molecular formula is C12H15ClO3. The Morgan fingerprint density at radius 3 is 2.62 bits per heavy atom. The first-order chi connectivity index (χ1) is 7.45. The molecule has 1 N–H and O–H groups in total. The van der Waals surface area contributed by atoms with E-state index in [4.69, 9.17) is 16.3 Å². The van der Waals surface area contributed by atoms with Gasteiger partial charge in [0.1, 0.15) is 5.75 Å². The van der Waals surface area contributed by atoms with Gasteiger partial charge in [-0.3, -0.25) is 4.79 Å². The van der Waals surface area contributed by atoms with E-state index in [1.807, 2.05) is 6.92 Å². The molecule has 3 nitrogen and oxygen atoms in total. The molecule has 1 aromatic carbocycles. The van der Waals surface area contributed by atoms with Crippen molar-refractivity contribution in [1.29, 1.82) is 0 Å². The first-order valence-corrected chi connectivity index (χ1v) is 5.41. The van der Waals surface area contributed by atoms with Crippen molar-refractivity contribution in [3.63, 3.8) is 0 Å². The molecule has 0 saturated heterocycles. The van der Waals surface area contributed by atoms with E-state index in [-0.39, 0.29) is 0 Å². The predicted octanol–water partition coefficient (Wildman–Crippen LogP) is 3.10. The summed E-state index contributed by atoms with van der Waals surface area (Å²) in [6.07, 6.45) is 0.471. The van der Waals surface area contributed by atoms with Crippen LogP contribution in [-0.4, -0.2) is 18.2 Å². The Morgan fingerprint density at radius 1 is 1.56 bits per heavy atom. The van der Waals surface area contributed by atoms with Crippen LogP contribution in [-0.2, 0) is 10.2 Å². The van der Waals surface area contributed by atoms with Crippen LogP contribution in [0.3, 0.4) is 0 Å². The van der Waals surface area contributed by atoms with Crippen LogP contribution < -0.4 is 4.74 Å². The number of halogens is 1. The van der Waals surface area contributed by atoms with Crippen molar-refractivity contribution >= 4 is 17.6 Å². The van der Waals surface area contributed by atoms with Crippen LogP contribution in [0.2, 0.25) is 5.02 Å². The van der Waals surface area contributed by atoms with E-state index in [2.05, 4.69) is 0 Å². The van der Waals surface area contributed by atoms with Crippen LogP contribution in [0.25, 0.3) is 0 Å². The molecule has 1 atom stereocenters. The Balaban J connectivity index is 3.39. The summed E-state index contributed by atoms with van der Waals surface area (Å²) in [5, 5.41) is 9.81. The molecule has 1 unspecified atom stereocenters. The Hall–Kier alpha value is -1.22. The van der Waals surface area contributed by atoms with Gasteiger partial charge in [-0.1, -0.05) is 18.5 Å². The van der Waals surface area contributed by atoms with E-state index in [1.165, 1.54) is 7.11 Å². The van der Waals surface area contributed by atoms with Crippen LogP contribution >= 0.6 is 11.6 Å². The summed E-state index contributed by atoms with van der Waals surface area (Å²) in [5.41, 5.74) is -0.367. The highest BCUT2D eigenvalue weighted by Crippen LogP contribution is 2.36. The molecule has 0 aliphatic rings. The van der Waals surface area contributed by atoms with Gasteiger partial charge in [0.2, 0.25) is 0 Å². The molecule has 0 aliphatic heterocycles. The van der Waals surface area contributed by atoms with E-state index in [1.54, 1.807) is 25.1 Å². The quantitative estimate of drug-likeness (QED) is 0.883. The van der Waals surface area contributed by atoms with Crippen molar-refractivity contribution in [2.45, 2.75) is 25.7 Å². The number of carbonyl (C=O) groups is 1. The zero-order valence-electron chi connectivity index (χ0n) is 9.58. The molecule has 0 heterocycles. The highest BCUT2D eigenvalue weighted by atomic mass is 35.5. The lowest BCUT2D eigenvalue weighted by Crippen LogP contribution is -2.32. The molecule has 0 saturated carbocycles. The fraction of sp³-hybridized carbons (Fsp3) is 0.417. The Bertz CT molecular complexity index is 403. The summed E-state index contributed by atoms with van der Waals surface area (Å²) in [6.45, 7) is 3.50. The highest BCUT2D eigenvalue weighted by Gasteiger charge is 2.36. The van der Waals surface area contributed by atoms with Crippen LogP contribution in [0.15, 0.2) is 18.2 Å². The lowest BCUT2D eigenvalue weighted by Gasteiger charge is -2.25. The molecule has 0 spiro atoms. The fourth-order valence-electron chi connectivity index (χ4n) is 1.57. The average Bonchev–Trinajstić information content (AvgIpc) is 2.27. The molecule has 88 valence electrons.